The summed E-state index contributed by atoms with van der Waals surface area (Å²) in [6, 6.07) is 9.40. The van der Waals surface area contributed by atoms with Crippen molar-refractivity contribution in [3.05, 3.63) is 53.3 Å². The summed E-state index contributed by atoms with van der Waals surface area (Å²) in [5, 5.41) is 3.28. The summed E-state index contributed by atoms with van der Waals surface area (Å²) in [6.07, 6.45) is 4.22. The van der Waals surface area contributed by atoms with E-state index in [2.05, 4.69) is 58.3 Å². The zero-order valence-corrected chi connectivity index (χ0v) is 20.1. The highest BCUT2D eigenvalue weighted by Crippen LogP contribution is 2.44. The first-order valence-electron chi connectivity index (χ1n) is 12.1. The molecule has 0 radical (unpaired) electrons. The molecule has 2 amide bonds. The number of likely N-dealkylation sites (tertiary alicyclic amines) is 1. The molecule has 1 aliphatic carbocycles. The van der Waals surface area contributed by atoms with Crippen LogP contribution in [0.25, 0.3) is 0 Å². The maximum atomic E-state index is 12.5. The van der Waals surface area contributed by atoms with Crippen molar-refractivity contribution in [2.24, 2.45) is 5.84 Å². The second-order valence-electron chi connectivity index (χ2n) is 9.70. The Labute approximate surface area is 203 Å². The van der Waals surface area contributed by atoms with Gasteiger partial charge in [-0.15, -0.1) is 0 Å². The van der Waals surface area contributed by atoms with Crippen LogP contribution in [0.1, 0.15) is 73.4 Å². The van der Waals surface area contributed by atoms with Gasteiger partial charge in [0, 0.05) is 18.4 Å². The third-order valence-corrected chi connectivity index (χ3v) is 7.29. The summed E-state index contributed by atoms with van der Waals surface area (Å²) in [4.78, 5) is 34.2. The number of carbonyl (C=O) groups excluding carboxylic acids is 2. The Morgan fingerprint density at radius 2 is 1.71 bits per heavy atom. The van der Waals surface area contributed by atoms with Crippen LogP contribution in [0.15, 0.2) is 36.7 Å². The monoisotopic (exact) mass is 486 g/mol. The highest BCUT2D eigenvalue weighted by Gasteiger charge is 2.39. The number of nitrogens with one attached hydrogen (secondary N) is 1. The highest BCUT2D eigenvalue weighted by molar-refractivity contribution is 6.04. The van der Waals surface area contributed by atoms with E-state index in [1.165, 1.54) is 30.8 Å². The summed E-state index contributed by atoms with van der Waals surface area (Å²) >= 11 is 0. The number of hydrogen-bond acceptors (Lipinski definition) is 7. The number of anilines is 1. The molecule has 0 unspecified atom stereocenters. The lowest BCUT2D eigenvalue weighted by molar-refractivity contribution is -0.140. The molecule has 2 fully saturated rings. The Balaban J connectivity index is 1.42. The first kappa shape index (κ1) is 25.1. The van der Waals surface area contributed by atoms with Crippen LogP contribution >= 0.6 is 0 Å². The summed E-state index contributed by atoms with van der Waals surface area (Å²) in [5.41, 5.74) is 2.08. The van der Waals surface area contributed by atoms with E-state index in [0.29, 0.717) is 17.9 Å². The number of amides is 2. The molecule has 8 nitrogen and oxygen atoms in total. The van der Waals surface area contributed by atoms with E-state index in [1.807, 2.05) is 0 Å². The molecule has 3 N–H and O–H groups in total. The van der Waals surface area contributed by atoms with E-state index in [9.17, 15) is 18.4 Å². The zero-order chi connectivity index (χ0) is 25.2. The molecule has 2 heterocycles. The summed E-state index contributed by atoms with van der Waals surface area (Å²) in [6.45, 7) is 6.75. The van der Waals surface area contributed by atoms with Crippen molar-refractivity contribution in [1.82, 2.24) is 19.9 Å². The van der Waals surface area contributed by atoms with Crippen molar-refractivity contribution >= 4 is 17.8 Å². The van der Waals surface area contributed by atoms with Gasteiger partial charge in [0.25, 0.3) is 5.91 Å². The lowest BCUT2D eigenvalue weighted by Crippen LogP contribution is -2.45. The number of nitrogens with zero attached hydrogens (tertiary/aromatic N) is 4. The second-order valence-corrected chi connectivity index (χ2v) is 9.70. The number of hydrogen-bond donors (Lipinski definition) is 2. The molecule has 1 aliphatic heterocycles. The smallest absolute Gasteiger partial charge is 0.317 e. The van der Waals surface area contributed by atoms with Gasteiger partial charge in [0.15, 0.2) is 0 Å². The van der Waals surface area contributed by atoms with Crippen LogP contribution in [0.5, 0.6) is 0 Å². The van der Waals surface area contributed by atoms with Crippen molar-refractivity contribution in [3.8, 4) is 0 Å². The fraction of sp³-hybridized carbons (Fsp3) is 0.520. The van der Waals surface area contributed by atoms with Gasteiger partial charge in [-0.3, -0.25) is 9.59 Å². The molecule has 0 spiro atoms. The third kappa shape index (κ3) is 5.33. The van der Waals surface area contributed by atoms with Gasteiger partial charge in [0.2, 0.25) is 5.95 Å². The van der Waals surface area contributed by atoms with Crippen LogP contribution < -0.4 is 11.2 Å². The second kappa shape index (κ2) is 10.3. The number of benzene rings is 1. The van der Waals surface area contributed by atoms with Crippen molar-refractivity contribution in [1.29, 1.82) is 0 Å². The van der Waals surface area contributed by atoms with Gasteiger partial charge in [-0.1, -0.05) is 24.3 Å². The number of alkyl halides is 2. The van der Waals surface area contributed by atoms with Crippen LogP contribution in [0.3, 0.4) is 0 Å². The predicted molar refractivity (Wildman–Crippen MR) is 128 cm³/mol. The predicted octanol–water partition coefficient (Wildman–Crippen LogP) is 3.66. The Morgan fingerprint density at radius 1 is 1.11 bits per heavy atom. The van der Waals surface area contributed by atoms with Crippen molar-refractivity contribution in [3.63, 3.8) is 0 Å². The van der Waals surface area contributed by atoms with E-state index in [1.54, 1.807) is 0 Å². The summed E-state index contributed by atoms with van der Waals surface area (Å²) in [7, 11) is 0. The van der Waals surface area contributed by atoms with Crippen LogP contribution in [0.2, 0.25) is 0 Å². The average molecular weight is 487 g/mol. The fourth-order valence-electron chi connectivity index (χ4n) is 4.90. The minimum atomic E-state index is -3.37. The van der Waals surface area contributed by atoms with Gasteiger partial charge >= 0.3 is 12.3 Å². The number of imide groups is 1. The van der Waals surface area contributed by atoms with Gasteiger partial charge in [-0.05, 0) is 76.1 Å². The van der Waals surface area contributed by atoms with E-state index < -0.39 is 18.2 Å². The molecule has 4 rings (SSSR count). The molecule has 2 aromatic rings. The summed E-state index contributed by atoms with van der Waals surface area (Å²) < 4.78 is 25.0. The van der Waals surface area contributed by atoms with Crippen LogP contribution in [0, 0.1) is 0 Å². The van der Waals surface area contributed by atoms with Crippen molar-refractivity contribution < 1.29 is 18.4 Å². The molecule has 10 heteroatoms. The number of halogens is 2. The van der Waals surface area contributed by atoms with E-state index in [4.69, 9.17) is 5.84 Å². The highest BCUT2D eigenvalue weighted by atomic mass is 19.3. The Bertz CT molecular complexity index is 1030. The molecule has 2 aliphatic rings. The number of piperidine rings is 1. The zero-order valence-electron chi connectivity index (χ0n) is 20.1. The van der Waals surface area contributed by atoms with Gasteiger partial charge < -0.3 is 10.2 Å². The van der Waals surface area contributed by atoms with Crippen molar-refractivity contribution in [2.75, 3.05) is 18.4 Å². The van der Waals surface area contributed by atoms with Gasteiger partial charge in [-0.2, -0.15) is 8.78 Å². The lowest BCUT2D eigenvalue weighted by atomic mass is 9.71. The molecular formula is C25H32F2N6O2. The maximum Gasteiger partial charge on any atom is 0.317 e. The van der Waals surface area contributed by atoms with E-state index >= 15 is 0 Å². The molecule has 0 atom stereocenters. The number of hydrazine groups is 1. The quantitative estimate of drug-likeness (QED) is 0.350. The Morgan fingerprint density at radius 3 is 2.20 bits per heavy atom. The summed E-state index contributed by atoms with van der Waals surface area (Å²) in [5.74, 6) is 3.24. The Kier molecular flexibility index (Phi) is 7.42. The molecular weight excluding hydrogens is 454 g/mol. The maximum absolute atomic E-state index is 12.5. The number of rotatable bonds is 7. The van der Waals surface area contributed by atoms with Crippen LogP contribution in [-0.2, 0) is 10.3 Å². The molecule has 0 bridgehead atoms. The SMILES string of the molecule is CC(C)N1CCC(c2ccc(C3(Nc4ncc(C(=O)N(N)C(=O)C(F)F)cn4)CCC3)cc2)CC1. The topological polar surface area (TPSA) is 104 Å². The largest absolute Gasteiger partial charge is 0.345 e. The molecule has 1 saturated carbocycles. The minimum absolute atomic E-state index is 0.113. The van der Waals surface area contributed by atoms with Crippen molar-refractivity contribution in [2.45, 2.75) is 69.9 Å². The van der Waals surface area contributed by atoms with E-state index in [0.717, 1.165) is 37.9 Å². The molecule has 1 saturated heterocycles. The number of carbonyl (C=O) groups is 2. The van der Waals surface area contributed by atoms with Gasteiger partial charge in [0.05, 0.1) is 11.1 Å². The van der Waals surface area contributed by atoms with Crippen LogP contribution in [-0.4, -0.2) is 57.2 Å². The normalized spacial score (nSPS) is 18.4. The van der Waals surface area contributed by atoms with Gasteiger partial charge in [0.1, 0.15) is 0 Å². The molecule has 1 aromatic carbocycles. The lowest BCUT2D eigenvalue weighted by Gasteiger charge is -2.43. The molecule has 1 aromatic heterocycles. The van der Waals surface area contributed by atoms with Gasteiger partial charge in [-0.25, -0.2) is 20.8 Å². The first-order chi connectivity index (χ1) is 16.7. The molecule has 35 heavy (non-hydrogen) atoms. The Hall–Kier alpha value is -2.98. The van der Waals surface area contributed by atoms with Crippen LogP contribution in [0.4, 0.5) is 14.7 Å². The average Bonchev–Trinajstić information content (AvgIpc) is 2.85. The fourth-order valence-corrected chi connectivity index (χ4v) is 4.90. The third-order valence-electron chi connectivity index (χ3n) is 7.29. The standard InChI is InChI=1S/C25H32F2N6O2/c1-16(2)32-12-8-18(9-13-32)17-4-6-20(7-5-17)25(10-3-11-25)31-24-29-14-19(15-30-24)22(34)33(28)23(35)21(26)27/h4-7,14-16,18,21H,3,8-13,28H2,1-2H3,(H,29,30,31). The number of aromatic nitrogens is 2. The first-order valence-corrected chi connectivity index (χ1v) is 12.1. The number of nitrogens with two attached hydrogens (primary N) is 1. The van der Waals surface area contributed by atoms with E-state index in [-0.39, 0.29) is 16.1 Å². The molecule has 188 valence electrons. The minimum Gasteiger partial charge on any atom is -0.345 e.